The van der Waals surface area contributed by atoms with Crippen LogP contribution in [0.15, 0.2) is 24.3 Å². The Morgan fingerprint density at radius 2 is 1.97 bits per heavy atom. The first-order chi connectivity index (χ1) is 16.4. The monoisotopic (exact) mass is 495 g/mol. The molecule has 0 radical (unpaired) electrons. The number of methoxy groups -OCH3 is 1. The minimum Gasteiger partial charge on any atom is -0.385 e. The highest BCUT2D eigenvalue weighted by Crippen LogP contribution is 2.28. The maximum atomic E-state index is 13.3. The lowest BCUT2D eigenvalue weighted by atomic mass is 9.85. The maximum absolute atomic E-state index is 13.3. The highest BCUT2D eigenvalue weighted by atomic mass is 35.5. The van der Waals surface area contributed by atoms with Crippen LogP contribution in [-0.2, 0) is 9.47 Å². The van der Waals surface area contributed by atoms with Crippen molar-refractivity contribution in [3.63, 3.8) is 0 Å². The van der Waals surface area contributed by atoms with Crippen molar-refractivity contribution in [1.29, 1.82) is 0 Å². The fourth-order valence-corrected chi connectivity index (χ4v) is 5.05. The van der Waals surface area contributed by atoms with Crippen LogP contribution in [0.1, 0.15) is 76.9 Å². The highest BCUT2D eigenvalue weighted by molar-refractivity contribution is 6.30. The van der Waals surface area contributed by atoms with Crippen LogP contribution in [0.5, 0.6) is 0 Å². The summed E-state index contributed by atoms with van der Waals surface area (Å²) in [7, 11) is 3.65. The van der Waals surface area contributed by atoms with Crippen molar-refractivity contribution in [2.24, 2.45) is 5.92 Å². The van der Waals surface area contributed by atoms with Gasteiger partial charge in [0.2, 0.25) is 0 Å². The topological polar surface area (TPSA) is 62.8 Å². The fourth-order valence-electron chi connectivity index (χ4n) is 4.85. The lowest BCUT2D eigenvalue weighted by Gasteiger charge is -2.32. The average Bonchev–Trinajstić information content (AvgIpc) is 2.81. The molecule has 2 amide bonds. The van der Waals surface area contributed by atoms with Gasteiger partial charge in [0.1, 0.15) is 0 Å². The molecule has 2 atom stereocenters. The van der Waals surface area contributed by atoms with E-state index in [2.05, 4.69) is 24.5 Å². The quantitative estimate of drug-likeness (QED) is 0.302. The van der Waals surface area contributed by atoms with Crippen molar-refractivity contribution in [2.75, 3.05) is 40.5 Å². The Balaban J connectivity index is 2.00. The van der Waals surface area contributed by atoms with E-state index in [0.717, 1.165) is 24.9 Å². The summed E-state index contributed by atoms with van der Waals surface area (Å²) in [5.41, 5.74) is 1.04. The van der Waals surface area contributed by atoms with Gasteiger partial charge in [0.05, 0.1) is 6.10 Å². The minimum atomic E-state index is -0.125. The van der Waals surface area contributed by atoms with Gasteiger partial charge in [-0.1, -0.05) is 55.8 Å². The zero-order valence-corrected chi connectivity index (χ0v) is 22.4. The molecule has 2 N–H and O–H groups in total. The van der Waals surface area contributed by atoms with Gasteiger partial charge in [-0.25, -0.2) is 4.79 Å². The zero-order valence-electron chi connectivity index (χ0n) is 21.7. The van der Waals surface area contributed by atoms with E-state index in [-0.39, 0.29) is 24.2 Å². The Kier molecular flexibility index (Phi) is 13.9. The highest BCUT2D eigenvalue weighted by Gasteiger charge is 2.25. The van der Waals surface area contributed by atoms with Gasteiger partial charge in [-0.05, 0) is 63.8 Å². The second-order valence-electron chi connectivity index (χ2n) is 9.78. The van der Waals surface area contributed by atoms with E-state index in [0.29, 0.717) is 37.1 Å². The van der Waals surface area contributed by atoms with E-state index in [1.807, 2.05) is 36.2 Å². The predicted molar refractivity (Wildman–Crippen MR) is 141 cm³/mol. The maximum Gasteiger partial charge on any atom is 0.317 e. The standard InChI is InChI=1S/C27H46ClN3O3/c1-21(2)31(27(32)30-25(20-29-3)18-22-10-6-5-7-11-22)15-14-26(34-17-9-16-33-4)23-12-8-13-24(28)19-23/h8,12-13,19,21-22,25-26,29H,5-7,9-11,14-18,20H2,1-4H3,(H,30,32). The Morgan fingerprint density at radius 1 is 1.21 bits per heavy atom. The molecule has 1 saturated carbocycles. The molecule has 0 spiro atoms. The molecule has 0 saturated heterocycles. The SMILES string of the molecule is CNCC(CC1CCCCC1)NC(=O)N(CCC(OCCCOC)c1cccc(Cl)c1)C(C)C. The van der Waals surface area contributed by atoms with Crippen molar-refractivity contribution in [3.8, 4) is 0 Å². The van der Waals surface area contributed by atoms with Crippen molar-refractivity contribution in [2.45, 2.75) is 83.4 Å². The van der Waals surface area contributed by atoms with Crippen LogP contribution >= 0.6 is 11.6 Å². The molecule has 194 valence electrons. The lowest BCUT2D eigenvalue weighted by molar-refractivity contribution is 0.0278. The van der Waals surface area contributed by atoms with E-state index < -0.39 is 0 Å². The van der Waals surface area contributed by atoms with Crippen LogP contribution in [0.3, 0.4) is 0 Å². The first-order valence-electron chi connectivity index (χ1n) is 13.0. The summed E-state index contributed by atoms with van der Waals surface area (Å²) < 4.78 is 11.4. The Bertz CT molecular complexity index is 697. The molecule has 1 aliphatic carbocycles. The Morgan fingerprint density at radius 3 is 2.62 bits per heavy atom. The summed E-state index contributed by atoms with van der Waals surface area (Å²) in [6.07, 6.45) is 9.01. The predicted octanol–water partition coefficient (Wildman–Crippen LogP) is 5.80. The first kappa shape index (κ1) is 28.9. The average molecular weight is 496 g/mol. The molecule has 0 aliphatic heterocycles. The van der Waals surface area contributed by atoms with Gasteiger partial charge in [-0.15, -0.1) is 0 Å². The van der Waals surface area contributed by atoms with Gasteiger partial charge < -0.3 is 25.0 Å². The van der Waals surface area contributed by atoms with Crippen LogP contribution in [-0.4, -0.2) is 63.5 Å². The molecule has 2 rings (SSSR count). The van der Waals surface area contributed by atoms with Crippen LogP contribution in [0.25, 0.3) is 0 Å². The molecule has 1 aromatic carbocycles. The minimum absolute atomic E-state index is 0.00952. The van der Waals surface area contributed by atoms with E-state index >= 15 is 0 Å². The van der Waals surface area contributed by atoms with Crippen LogP contribution in [0.2, 0.25) is 5.02 Å². The number of ether oxygens (including phenoxy) is 2. The third-order valence-corrected chi connectivity index (χ3v) is 6.90. The van der Waals surface area contributed by atoms with Crippen LogP contribution in [0, 0.1) is 5.92 Å². The fraction of sp³-hybridized carbons (Fsp3) is 0.741. The molecule has 1 aromatic rings. The van der Waals surface area contributed by atoms with E-state index in [1.54, 1.807) is 7.11 Å². The zero-order chi connectivity index (χ0) is 24.8. The van der Waals surface area contributed by atoms with Crippen molar-refractivity contribution < 1.29 is 14.3 Å². The Hall–Kier alpha value is -1.34. The van der Waals surface area contributed by atoms with Crippen molar-refractivity contribution in [1.82, 2.24) is 15.5 Å². The van der Waals surface area contributed by atoms with Gasteiger partial charge in [-0.2, -0.15) is 0 Å². The number of carbonyl (C=O) groups excluding carboxylic acids is 1. The van der Waals surface area contributed by atoms with Gasteiger partial charge in [0.25, 0.3) is 0 Å². The molecule has 2 unspecified atom stereocenters. The number of nitrogens with zero attached hydrogens (tertiary/aromatic N) is 1. The van der Waals surface area contributed by atoms with Crippen LogP contribution < -0.4 is 10.6 Å². The third kappa shape index (κ3) is 10.5. The number of urea groups is 1. The number of benzene rings is 1. The number of amides is 2. The summed E-state index contributed by atoms with van der Waals surface area (Å²) >= 11 is 6.25. The van der Waals surface area contributed by atoms with Gasteiger partial charge in [-0.3, -0.25) is 0 Å². The molecule has 0 bridgehead atoms. The summed E-state index contributed by atoms with van der Waals surface area (Å²) in [5.74, 6) is 0.715. The molecule has 0 heterocycles. The van der Waals surface area contributed by atoms with Crippen molar-refractivity contribution in [3.05, 3.63) is 34.9 Å². The van der Waals surface area contributed by atoms with Gasteiger partial charge >= 0.3 is 6.03 Å². The summed E-state index contributed by atoms with van der Waals surface area (Å²) in [6, 6.07) is 8.07. The number of nitrogens with one attached hydrogen (secondary N) is 2. The lowest BCUT2D eigenvalue weighted by Crippen LogP contribution is -2.51. The molecule has 0 aromatic heterocycles. The second kappa shape index (κ2) is 16.4. The largest absolute Gasteiger partial charge is 0.385 e. The van der Waals surface area contributed by atoms with E-state index in [1.165, 1.54) is 32.1 Å². The summed E-state index contributed by atoms with van der Waals surface area (Å²) in [5, 5.41) is 7.28. The summed E-state index contributed by atoms with van der Waals surface area (Å²) in [4.78, 5) is 15.3. The van der Waals surface area contributed by atoms with Gasteiger partial charge in [0.15, 0.2) is 0 Å². The number of hydrogen-bond donors (Lipinski definition) is 2. The number of rotatable bonds is 15. The molecule has 6 nitrogen and oxygen atoms in total. The second-order valence-corrected chi connectivity index (χ2v) is 10.2. The summed E-state index contributed by atoms with van der Waals surface area (Å²) in [6.45, 7) is 6.81. The number of hydrogen-bond acceptors (Lipinski definition) is 4. The molecule has 1 fully saturated rings. The Labute approximate surface area is 212 Å². The van der Waals surface area contributed by atoms with E-state index in [4.69, 9.17) is 21.1 Å². The van der Waals surface area contributed by atoms with Crippen molar-refractivity contribution >= 4 is 17.6 Å². The molecule has 7 heteroatoms. The van der Waals surface area contributed by atoms with E-state index in [9.17, 15) is 4.79 Å². The first-order valence-corrected chi connectivity index (χ1v) is 13.4. The normalized spacial score (nSPS) is 16.4. The smallest absolute Gasteiger partial charge is 0.317 e. The number of carbonyl (C=O) groups is 1. The third-order valence-electron chi connectivity index (χ3n) is 6.67. The van der Waals surface area contributed by atoms with Gasteiger partial charge in [0, 0.05) is 50.5 Å². The molecular weight excluding hydrogens is 450 g/mol. The molecule has 34 heavy (non-hydrogen) atoms. The van der Waals surface area contributed by atoms with Crippen LogP contribution in [0.4, 0.5) is 4.79 Å². The molecule has 1 aliphatic rings. The molecular formula is C27H46ClN3O3. The number of likely N-dealkylation sites (N-methyl/N-ethyl adjacent to an activating group) is 1. The number of halogens is 1.